The highest BCUT2D eigenvalue weighted by atomic mass is 16.5. The van der Waals surface area contributed by atoms with Gasteiger partial charge in [0.1, 0.15) is 5.54 Å². The zero-order chi connectivity index (χ0) is 9.73. The van der Waals surface area contributed by atoms with Crippen LogP contribution in [0.25, 0.3) is 0 Å². The Labute approximate surface area is 80.1 Å². The van der Waals surface area contributed by atoms with E-state index in [1.54, 1.807) is 7.11 Å². The van der Waals surface area contributed by atoms with Gasteiger partial charge in [0.25, 0.3) is 0 Å². The number of ether oxygens (including phenoxy) is 1. The van der Waals surface area contributed by atoms with Gasteiger partial charge in [-0.3, -0.25) is 0 Å². The van der Waals surface area contributed by atoms with Crippen LogP contribution in [0.1, 0.15) is 25.7 Å². The van der Waals surface area contributed by atoms with Gasteiger partial charge in [-0.25, -0.2) is 0 Å². The molecule has 1 N–H and O–H groups in total. The van der Waals surface area contributed by atoms with Crippen molar-refractivity contribution in [2.24, 2.45) is 5.92 Å². The molecule has 0 saturated heterocycles. The minimum absolute atomic E-state index is 0.279. The van der Waals surface area contributed by atoms with Gasteiger partial charge in [-0.05, 0) is 32.2 Å². The van der Waals surface area contributed by atoms with E-state index in [-0.39, 0.29) is 5.54 Å². The Morgan fingerprint density at radius 3 is 3.00 bits per heavy atom. The highest BCUT2D eigenvalue weighted by Crippen LogP contribution is 2.37. The summed E-state index contributed by atoms with van der Waals surface area (Å²) in [7, 11) is 3.59. The maximum absolute atomic E-state index is 9.13. The van der Waals surface area contributed by atoms with Crippen LogP contribution in [-0.4, -0.2) is 26.3 Å². The molecule has 0 aliphatic heterocycles. The molecule has 3 nitrogen and oxygen atoms in total. The van der Waals surface area contributed by atoms with Gasteiger partial charge >= 0.3 is 0 Å². The van der Waals surface area contributed by atoms with Crippen LogP contribution >= 0.6 is 0 Å². The number of rotatable bonds is 4. The number of nitrogens with one attached hydrogen (secondary N) is 1. The summed E-state index contributed by atoms with van der Waals surface area (Å²) in [5.41, 5.74) is -0.279. The van der Waals surface area contributed by atoms with Crippen LogP contribution in [0.3, 0.4) is 0 Å². The van der Waals surface area contributed by atoms with Gasteiger partial charge in [0.2, 0.25) is 0 Å². The van der Waals surface area contributed by atoms with Gasteiger partial charge in [0.05, 0.1) is 6.07 Å². The first-order chi connectivity index (χ1) is 6.29. The molecule has 0 radical (unpaired) electrons. The molecule has 1 aliphatic rings. The van der Waals surface area contributed by atoms with E-state index in [4.69, 9.17) is 10.00 Å². The number of nitrogens with zero attached hydrogens (tertiary/aromatic N) is 1. The molecule has 13 heavy (non-hydrogen) atoms. The average Bonchev–Trinajstić information content (AvgIpc) is 2.58. The second-order valence-corrected chi connectivity index (χ2v) is 3.70. The Morgan fingerprint density at radius 2 is 2.46 bits per heavy atom. The second-order valence-electron chi connectivity index (χ2n) is 3.70. The Balaban J connectivity index is 2.57. The summed E-state index contributed by atoms with van der Waals surface area (Å²) in [6.45, 7) is 0.760. The lowest BCUT2D eigenvalue weighted by molar-refractivity contribution is 0.163. The first-order valence-electron chi connectivity index (χ1n) is 4.88. The lowest BCUT2D eigenvalue weighted by Crippen LogP contribution is -2.45. The monoisotopic (exact) mass is 182 g/mol. The van der Waals surface area contributed by atoms with E-state index in [9.17, 15) is 0 Å². The highest BCUT2D eigenvalue weighted by molar-refractivity contribution is 5.13. The minimum Gasteiger partial charge on any atom is -0.385 e. The summed E-state index contributed by atoms with van der Waals surface area (Å²) in [5.74, 6) is 0.461. The third-order valence-corrected chi connectivity index (χ3v) is 3.14. The summed E-state index contributed by atoms with van der Waals surface area (Å²) < 4.78 is 5.05. The number of hydrogen-bond donors (Lipinski definition) is 1. The van der Waals surface area contributed by atoms with Gasteiger partial charge < -0.3 is 10.1 Å². The summed E-state index contributed by atoms with van der Waals surface area (Å²) in [5, 5.41) is 12.3. The molecule has 0 aromatic rings. The SMILES string of the molecule is CNC1(C#N)CCCC1CCOC. The van der Waals surface area contributed by atoms with E-state index >= 15 is 0 Å². The first kappa shape index (κ1) is 10.5. The van der Waals surface area contributed by atoms with E-state index in [0.717, 1.165) is 32.3 Å². The lowest BCUT2D eigenvalue weighted by Gasteiger charge is -2.27. The van der Waals surface area contributed by atoms with Crippen LogP contribution in [0.4, 0.5) is 0 Å². The summed E-state index contributed by atoms with van der Waals surface area (Å²) >= 11 is 0. The predicted octanol–water partition coefficient (Wildman–Crippen LogP) is 1.30. The molecule has 1 rings (SSSR count). The van der Waals surface area contributed by atoms with Crippen molar-refractivity contribution in [3.05, 3.63) is 0 Å². The summed E-state index contributed by atoms with van der Waals surface area (Å²) in [6.07, 6.45) is 4.28. The summed E-state index contributed by atoms with van der Waals surface area (Å²) in [4.78, 5) is 0. The Morgan fingerprint density at radius 1 is 1.69 bits per heavy atom. The van der Waals surface area contributed by atoms with Crippen LogP contribution in [0.2, 0.25) is 0 Å². The molecular formula is C10H18N2O. The standard InChI is InChI=1S/C10H18N2O/c1-12-10(8-11)6-3-4-9(10)5-7-13-2/h9,12H,3-7H2,1-2H3. The van der Waals surface area contributed by atoms with E-state index < -0.39 is 0 Å². The van der Waals surface area contributed by atoms with Gasteiger partial charge in [-0.1, -0.05) is 6.42 Å². The van der Waals surface area contributed by atoms with Crippen molar-refractivity contribution < 1.29 is 4.74 Å². The van der Waals surface area contributed by atoms with Crippen molar-refractivity contribution in [1.29, 1.82) is 5.26 Å². The van der Waals surface area contributed by atoms with Crippen molar-refractivity contribution in [3.8, 4) is 6.07 Å². The van der Waals surface area contributed by atoms with Gasteiger partial charge in [-0.15, -0.1) is 0 Å². The van der Waals surface area contributed by atoms with Crippen LogP contribution in [0, 0.1) is 17.2 Å². The van der Waals surface area contributed by atoms with E-state index in [1.165, 1.54) is 0 Å². The third-order valence-electron chi connectivity index (χ3n) is 3.14. The zero-order valence-electron chi connectivity index (χ0n) is 8.47. The molecule has 74 valence electrons. The first-order valence-corrected chi connectivity index (χ1v) is 4.88. The molecule has 2 unspecified atom stereocenters. The molecule has 0 spiro atoms. The van der Waals surface area contributed by atoms with Gasteiger partial charge in [0.15, 0.2) is 0 Å². The molecule has 0 heterocycles. The fraction of sp³-hybridized carbons (Fsp3) is 0.900. The average molecular weight is 182 g/mol. The van der Waals surface area contributed by atoms with Crippen molar-refractivity contribution >= 4 is 0 Å². The fourth-order valence-corrected chi connectivity index (χ4v) is 2.26. The third kappa shape index (κ3) is 2.01. The van der Waals surface area contributed by atoms with Gasteiger partial charge in [0, 0.05) is 13.7 Å². The molecular weight excluding hydrogens is 164 g/mol. The molecule has 0 aromatic carbocycles. The Hall–Kier alpha value is -0.590. The van der Waals surface area contributed by atoms with E-state index in [0.29, 0.717) is 5.92 Å². The van der Waals surface area contributed by atoms with Crippen molar-refractivity contribution in [3.63, 3.8) is 0 Å². The topological polar surface area (TPSA) is 45.0 Å². The molecule has 1 saturated carbocycles. The van der Waals surface area contributed by atoms with Crippen LogP contribution < -0.4 is 5.32 Å². The van der Waals surface area contributed by atoms with Crippen molar-refractivity contribution in [2.75, 3.05) is 20.8 Å². The fourth-order valence-electron chi connectivity index (χ4n) is 2.26. The predicted molar refractivity (Wildman–Crippen MR) is 51.2 cm³/mol. The van der Waals surface area contributed by atoms with Gasteiger partial charge in [-0.2, -0.15) is 5.26 Å². The van der Waals surface area contributed by atoms with Crippen molar-refractivity contribution in [1.82, 2.24) is 5.32 Å². The molecule has 1 aliphatic carbocycles. The normalized spacial score (nSPS) is 33.2. The van der Waals surface area contributed by atoms with E-state index in [2.05, 4.69) is 11.4 Å². The zero-order valence-corrected chi connectivity index (χ0v) is 8.47. The van der Waals surface area contributed by atoms with E-state index in [1.807, 2.05) is 7.05 Å². The lowest BCUT2D eigenvalue weighted by atomic mass is 9.86. The minimum atomic E-state index is -0.279. The van der Waals surface area contributed by atoms with Crippen LogP contribution in [0.5, 0.6) is 0 Å². The maximum Gasteiger partial charge on any atom is 0.109 e. The quantitative estimate of drug-likeness (QED) is 0.713. The number of nitriles is 1. The summed E-state index contributed by atoms with van der Waals surface area (Å²) in [6, 6.07) is 2.42. The Bertz CT molecular complexity index is 200. The van der Waals surface area contributed by atoms with Crippen molar-refractivity contribution in [2.45, 2.75) is 31.2 Å². The largest absolute Gasteiger partial charge is 0.385 e. The maximum atomic E-state index is 9.13. The number of methoxy groups -OCH3 is 1. The molecule has 0 aromatic heterocycles. The molecule has 2 atom stereocenters. The smallest absolute Gasteiger partial charge is 0.109 e. The number of hydrogen-bond acceptors (Lipinski definition) is 3. The molecule has 3 heteroatoms. The second kappa shape index (κ2) is 4.59. The molecule has 1 fully saturated rings. The molecule has 0 bridgehead atoms. The van der Waals surface area contributed by atoms with Crippen LogP contribution in [-0.2, 0) is 4.74 Å². The Kier molecular flexibility index (Phi) is 3.71. The van der Waals surface area contributed by atoms with Crippen LogP contribution in [0.15, 0.2) is 0 Å². The highest BCUT2D eigenvalue weighted by Gasteiger charge is 2.41. The molecule has 0 amide bonds.